The molecule has 0 fully saturated rings. The Bertz CT molecular complexity index is 727. The van der Waals surface area contributed by atoms with Crippen LogP contribution in [0.1, 0.15) is 5.56 Å². The lowest BCUT2D eigenvalue weighted by Crippen LogP contribution is -2.32. The van der Waals surface area contributed by atoms with Crippen LogP contribution in [-0.4, -0.2) is 41.2 Å². The van der Waals surface area contributed by atoms with E-state index in [2.05, 4.69) is 0 Å². The molecular weight excluding hydrogens is 351 g/mol. The van der Waals surface area contributed by atoms with Crippen LogP contribution < -0.4 is 4.74 Å². The molecule has 1 atom stereocenters. The standard InChI is InChI=1S/C17H18ClFN2O4/c1-20(9-12-8-14(21(23)24)4-7-17(12)18)10-15(22)11-25-16-5-2-13(19)3-6-16/h2-8,15,22H,9-11H2,1H3/t15-/m0/s1. The number of nitro groups is 1. The van der Waals surface area contributed by atoms with E-state index in [9.17, 15) is 19.6 Å². The first-order valence-electron chi connectivity index (χ1n) is 7.53. The Kier molecular flexibility index (Phi) is 6.69. The van der Waals surface area contributed by atoms with Crippen molar-refractivity contribution in [1.29, 1.82) is 0 Å². The summed E-state index contributed by atoms with van der Waals surface area (Å²) in [5, 5.41) is 21.3. The summed E-state index contributed by atoms with van der Waals surface area (Å²) < 4.78 is 18.2. The zero-order valence-corrected chi connectivity index (χ0v) is 14.3. The molecule has 0 aliphatic rings. The monoisotopic (exact) mass is 368 g/mol. The molecule has 0 saturated heterocycles. The minimum Gasteiger partial charge on any atom is -0.491 e. The van der Waals surface area contributed by atoms with E-state index in [1.807, 2.05) is 0 Å². The highest BCUT2D eigenvalue weighted by Gasteiger charge is 2.14. The second kappa shape index (κ2) is 8.75. The van der Waals surface area contributed by atoms with E-state index in [1.54, 1.807) is 11.9 Å². The second-order valence-electron chi connectivity index (χ2n) is 5.65. The van der Waals surface area contributed by atoms with E-state index in [1.165, 1.54) is 42.5 Å². The number of benzene rings is 2. The van der Waals surface area contributed by atoms with Gasteiger partial charge in [0.05, 0.1) is 4.92 Å². The molecule has 0 radical (unpaired) electrons. The molecule has 0 amide bonds. The van der Waals surface area contributed by atoms with Crippen LogP contribution in [-0.2, 0) is 6.54 Å². The molecule has 25 heavy (non-hydrogen) atoms. The van der Waals surface area contributed by atoms with Gasteiger partial charge in [-0.25, -0.2) is 4.39 Å². The van der Waals surface area contributed by atoms with E-state index in [4.69, 9.17) is 16.3 Å². The van der Waals surface area contributed by atoms with Gasteiger partial charge in [0, 0.05) is 30.2 Å². The van der Waals surface area contributed by atoms with Gasteiger partial charge < -0.3 is 9.84 Å². The summed E-state index contributed by atoms with van der Waals surface area (Å²) in [4.78, 5) is 12.1. The SMILES string of the molecule is CN(Cc1cc([N+](=O)[O-])ccc1Cl)C[C@H](O)COc1ccc(F)cc1. The number of nitrogens with zero attached hydrogens (tertiary/aromatic N) is 2. The summed E-state index contributed by atoms with van der Waals surface area (Å²) in [6.07, 6.45) is -0.785. The average molecular weight is 369 g/mol. The summed E-state index contributed by atoms with van der Waals surface area (Å²) in [5.41, 5.74) is 0.568. The van der Waals surface area contributed by atoms with Gasteiger partial charge in [0.15, 0.2) is 0 Å². The Morgan fingerprint density at radius 2 is 2.00 bits per heavy atom. The predicted octanol–water partition coefficient (Wildman–Crippen LogP) is 3.26. The highest BCUT2D eigenvalue weighted by Crippen LogP contribution is 2.23. The molecule has 8 heteroatoms. The van der Waals surface area contributed by atoms with Gasteiger partial charge in [-0.3, -0.25) is 15.0 Å². The number of non-ortho nitro benzene ring substituents is 1. The highest BCUT2D eigenvalue weighted by molar-refractivity contribution is 6.31. The average Bonchev–Trinajstić information content (AvgIpc) is 2.56. The molecule has 134 valence electrons. The van der Waals surface area contributed by atoms with Crippen LogP contribution in [0.15, 0.2) is 42.5 Å². The maximum absolute atomic E-state index is 12.8. The van der Waals surface area contributed by atoms with Crippen LogP contribution >= 0.6 is 11.6 Å². The number of aliphatic hydroxyl groups excluding tert-OH is 1. The van der Waals surface area contributed by atoms with Crippen LogP contribution in [0, 0.1) is 15.9 Å². The van der Waals surface area contributed by atoms with Gasteiger partial charge in [0.2, 0.25) is 0 Å². The maximum atomic E-state index is 12.8. The third-order valence-corrected chi connectivity index (χ3v) is 3.83. The van der Waals surface area contributed by atoms with Crippen LogP contribution in [0.5, 0.6) is 5.75 Å². The summed E-state index contributed by atoms with van der Waals surface area (Å²) >= 11 is 6.07. The molecule has 0 spiro atoms. The Morgan fingerprint density at radius 3 is 2.64 bits per heavy atom. The number of ether oxygens (including phenoxy) is 1. The molecule has 0 aromatic heterocycles. The van der Waals surface area contributed by atoms with Gasteiger partial charge in [0.1, 0.15) is 24.3 Å². The number of hydrogen-bond acceptors (Lipinski definition) is 5. The normalized spacial score (nSPS) is 12.2. The van der Waals surface area contributed by atoms with Crippen LogP contribution in [0.25, 0.3) is 0 Å². The van der Waals surface area contributed by atoms with E-state index in [0.717, 1.165) is 0 Å². The summed E-state index contributed by atoms with van der Waals surface area (Å²) in [7, 11) is 1.76. The fourth-order valence-corrected chi connectivity index (χ4v) is 2.46. The van der Waals surface area contributed by atoms with Gasteiger partial charge in [-0.1, -0.05) is 11.6 Å². The van der Waals surface area contributed by atoms with Crippen molar-refractivity contribution in [1.82, 2.24) is 4.90 Å². The van der Waals surface area contributed by atoms with E-state index < -0.39 is 11.0 Å². The summed E-state index contributed by atoms with van der Waals surface area (Å²) in [6.45, 7) is 0.660. The Morgan fingerprint density at radius 1 is 1.32 bits per heavy atom. The molecule has 6 nitrogen and oxygen atoms in total. The first kappa shape index (κ1) is 19.1. The quantitative estimate of drug-likeness (QED) is 0.571. The smallest absolute Gasteiger partial charge is 0.269 e. The van der Waals surface area contributed by atoms with Crippen molar-refractivity contribution in [3.63, 3.8) is 0 Å². The van der Waals surface area contributed by atoms with Crippen molar-refractivity contribution < 1.29 is 19.2 Å². The third-order valence-electron chi connectivity index (χ3n) is 3.46. The van der Waals surface area contributed by atoms with Gasteiger partial charge in [0.25, 0.3) is 5.69 Å². The summed E-state index contributed by atoms with van der Waals surface area (Å²) in [5.74, 6) is 0.103. The highest BCUT2D eigenvalue weighted by atomic mass is 35.5. The Hall–Kier alpha value is -2.22. The number of nitro benzene ring substituents is 1. The Labute approximate surface area is 149 Å². The number of rotatable bonds is 8. The molecule has 0 unspecified atom stereocenters. The number of likely N-dealkylation sites (N-methyl/N-ethyl adjacent to an activating group) is 1. The molecule has 0 saturated carbocycles. The van der Waals surface area contributed by atoms with Gasteiger partial charge in [-0.2, -0.15) is 0 Å². The largest absolute Gasteiger partial charge is 0.491 e. The third kappa shape index (κ3) is 5.97. The van der Waals surface area contributed by atoms with Crippen molar-refractivity contribution in [3.8, 4) is 5.75 Å². The van der Waals surface area contributed by atoms with E-state index >= 15 is 0 Å². The predicted molar refractivity (Wildman–Crippen MR) is 92.3 cm³/mol. The van der Waals surface area contributed by atoms with Crippen molar-refractivity contribution in [2.75, 3.05) is 20.2 Å². The number of halogens is 2. The fraction of sp³-hybridized carbons (Fsp3) is 0.294. The molecule has 0 aliphatic heterocycles. The first-order valence-corrected chi connectivity index (χ1v) is 7.90. The number of aliphatic hydroxyl groups is 1. The van der Waals surface area contributed by atoms with E-state index in [0.29, 0.717) is 22.9 Å². The molecule has 0 aliphatic carbocycles. The van der Waals surface area contributed by atoms with Crippen LogP contribution in [0.2, 0.25) is 5.02 Å². The number of hydrogen-bond donors (Lipinski definition) is 1. The van der Waals surface area contributed by atoms with Crippen molar-refractivity contribution >= 4 is 17.3 Å². The van der Waals surface area contributed by atoms with Crippen molar-refractivity contribution in [2.45, 2.75) is 12.6 Å². The molecule has 0 bridgehead atoms. The lowest BCUT2D eigenvalue weighted by molar-refractivity contribution is -0.384. The molecule has 0 heterocycles. The zero-order chi connectivity index (χ0) is 18.4. The first-order chi connectivity index (χ1) is 11.8. The topological polar surface area (TPSA) is 75.8 Å². The zero-order valence-electron chi connectivity index (χ0n) is 13.6. The van der Waals surface area contributed by atoms with Crippen LogP contribution in [0.3, 0.4) is 0 Å². The lowest BCUT2D eigenvalue weighted by atomic mass is 10.2. The molecule has 2 aromatic rings. The summed E-state index contributed by atoms with van der Waals surface area (Å²) in [6, 6.07) is 9.76. The van der Waals surface area contributed by atoms with Crippen molar-refractivity contribution in [2.24, 2.45) is 0 Å². The fourth-order valence-electron chi connectivity index (χ4n) is 2.29. The minimum atomic E-state index is -0.785. The van der Waals surface area contributed by atoms with Gasteiger partial charge in [-0.15, -0.1) is 0 Å². The molecule has 1 N–H and O–H groups in total. The van der Waals surface area contributed by atoms with Crippen LogP contribution in [0.4, 0.5) is 10.1 Å². The van der Waals surface area contributed by atoms with Gasteiger partial charge in [-0.05, 0) is 42.9 Å². The van der Waals surface area contributed by atoms with E-state index in [-0.39, 0.29) is 24.7 Å². The van der Waals surface area contributed by atoms with Gasteiger partial charge >= 0.3 is 0 Å². The maximum Gasteiger partial charge on any atom is 0.269 e. The molecule has 2 rings (SSSR count). The second-order valence-corrected chi connectivity index (χ2v) is 6.06. The lowest BCUT2D eigenvalue weighted by Gasteiger charge is -2.21. The molecular formula is C17H18ClFN2O4. The van der Waals surface area contributed by atoms with Crippen molar-refractivity contribution in [3.05, 3.63) is 69.0 Å². The Balaban J connectivity index is 1.86. The molecule has 2 aromatic carbocycles. The minimum absolute atomic E-state index is 0.0343.